The number of hydrogen-bond acceptors (Lipinski definition) is 3. The summed E-state index contributed by atoms with van der Waals surface area (Å²) in [6.07, 6.45) is 4.22. The Balaban J connectivity index is 4.06. The minimum atomic E-state index is -0.260. The van der Waals surface area contributed by atoms with Crippen molar-refractivity contribution < 1.29 is 9.53 Å². The first kappa shape index (κ1) is 16.8. The van der Waals surface area contributed by atoms with Gasteiger partial charge in [0.2, 0.25) is 5.91 Å². The van der Waals surface area contributed by atoms with Crippen LogP contribution in [0.4, 0.5) is 0 Å². The van der Waals surface area contributed by atoms with Gasteiger partial charge in [0.25, 0.3) is 0 Å². The molecule has 1 amide bonds. The standard InChI is InChI=1S/C13H27NO2S/c1-7-13(8-2,17-6)10-14-11(15)9-16-12(3,4)5/h7-10H2,1-6H3,(H,14,15). The van der Waals surface area contributed by atoms with E-state index in [1.54, 1.807) is 0 Å². The van der Waals surface area contributed by atoms with E-state index in [-0.39, 0.29) is 22.9 Å². The molecule has 4 heteroatoms. The van der Waals surface area contributed by atoms with Crippen LogP contribution >= 0.6 is 11.8 Å². The monoisotopic (exact) mass is 261 g/mol. The molecular formula is C13H27NO2S. The third-order valence-corrected chi connectivity index (χ3v) is 4.55. The largest absolute Gasteiger partial charge is 0.366 e. The topological polar surface area (TPSA) is 38.3 Å². The average Bonchev–Trinajstić information content (AvgIpc) is 2.28. The molecule has 0 unspecified atom stereocenters. The zero-order valence-corrected chi connectivity index (χ0v) is 12.9. The Kier molecular flexibility index (Phi) is 7.17. The summed E-state index contributed by atoms with van der Waals surface area (Å²) in [5, 5.41) is 2.96. The fraction of sp³-hybridized carbons (Fsp3) is 0.923. The average molecular weight is 261 g/mol. The van der Waals surface area contributed by atoms with E-state index in [9.17, 15) is 4.79 Å². The summed E-state index contributed by atoms with van der Waals surface area (Å²) in [6, 6.07) is 0. The summed E-state index contributed by atoms with van der Waals surface area (Å²) in [4.78, 5) is 11.6. The Morgan fingerprint density at radius 3 is 2.12 bits per heavy atom. The zero-order valence-electron chi connectivity index (χ0n) is 12.1. The van der Waals surface area contributed by atoms with Crippen LogP contribution in [0.2, 0.25) is 0 Å². The second kappa shape index (κ2) is 7.27. The number of ether oxygens (including phenoxy) is 1. The molecule has 0 heterocycles. The van der Waals surface area contributed by atoms with Crippen molar-refractivity contribution in [2.75, 3.05) is 19.4 Å². The second-order valence-electron chi connectivity index (χ2n) is 5.27. The SMILES string of the molecule is CCC(CC)(CNC(=O)COC(C)(C)C)SC. The molecule has 0 radical (unpaired) electrons. The zero-order chi connectivity index (χ0) is 13.5. The molecule has 0 spiro atoms. The molecule has 0 aliphatic carbocycles. The lowest BCUT2D eigenvalue weighted by Gasteiger charge is -2.30. The first-order valence-electron chi connectivity index (χ1n) is 6.24. The summed E-state index contributed by atoms with van der Waals surface area (Å²) >= 11 is 1.83. The Bertz CT molecular complexity index is 224. The smallest absolute Gasteiger partial charge is 0.246 e. The fourth-order valence-corrected chi connectivity index (χ4v) is 2.25. The molecule has 1 N–H and O–H groups in total. The maximum Gasteiger partial charge on any atom is 0.246 e. The molecule has 0 saturated carbocycles. The summed E-state index contributed by atoms with van der Waals surface area (Å²) in [7, 11) is 0. The van der Waals surface area contributed by atoms with Gasteiger partial charge in [0.15, 0.2) is 0 Å². The number of amides is 1. The van der Waals surface area contributed by atoms with Gasteiger partial charge in [0.1, 0.15) is 6.61 Å². The van der Waals surface area contributed by atoms with Crippen LogP contribution in [-0.4, -0.2) is 35.7 Å². The van der Waals surface area contributed by atoms with Crippen LogP contribution < -0.4 is 5.32 Å². The van der Waals surface area contributed by atoms with Gasteiger partial charge < -0.3 is 10.1 Å². The molecule has 0 aliphatic heterocycles. The molecule has 0 aromatic heterocycles. The molecule has 102 valence electrons. The van der Waals surface area contributed by atoms with Crippen molar-refractivity contribution in [3.05, 3.63) is 0 Å². The van der Waals surface area contributed by atoms with Gasteiger partial charge in [0.05, 0.1) is 5.60 Å². The maximum atomic E-state index is 11.6. The van der Waals surface area contributed by atoms with Crippen molar-refractivity contribution >= 4 is 17.7 Å². The quantitative estimate of drug-likeness (QED) is 0.766. The van der Waals surface area contributed by atoms with Crippen LogP contribution in [-0.2, 0) is 9.53 Å². The van der Waals surface area contributed by atoms with Crippen LogP contribution in [0, 0.1) is 0 Å². The van der Waals surface area contributed by atoms with E-state index in [0.29, 0.717) is 6.54 Å². The fourth-order valence-electron chi connectivity index (χ4n) is 1.45. The molecule has 0 atom stereocenters. The van der Waals surface area contributed by atoms with Gasteiger partial charge in [-0.05, 0) is 39.9 Å². The van der Waals surface area contributed by atoms with Crippen LogP contribution in [0.5, 0.6) is 0 Å². The van der Waals surface area contributed by atoms with Crippen molar-refractivity contribution in [2.24, 2.45) is 0 Å². The Hall–Kier alpha value is -0.220. The van der Waals surface area contributed by atoms with Crippen molar-refractivity contribution in [1.29, 1.82) is 0 Å². The van der Waals surface area contributed by atoms with Gasteiger partial charge in [-0.2, -0.15) is 11.8 Å². The number of carbonyl (C=O) groups is 1. The van der Waals surface area contributed by atoms with Gasteiger partial charge >= 0.3 is 0 Å². The van der Waals surface area contributed by atoms with Crippen LogP contribution in [0.15, 0.2) is 0 Å². The van der Waals surface area contributed by atoms with E-state index in [4.69, 9.17) is 4.74 Å². The number of hydrogen-bond donors (Lipinski definition) is 1. The van der Waals surface area contributed by atoms with Crippen LogP contribution in [0.1, 0.15) is 47.5 Å². The van der Waals surface area contributed by atoms with E-state index in [2.05, 4.69) is 25.4 Å². The summed E-state index contributed by atoms with van der Waals surface area (Å²) in [5.74, 6) is -0.0275. The molecule has 0 aromatic rings. The van der Waals surface area contributed by atoms with Gasteiger partial charge in [-0.3, -0.25) is 4.79 Å². The van der Waals surface area contributed by atoms with Crippen molar-refractivity contribution in [3.63, 3.8) is 0 Å². The van der Waals surface area contributed by atoms with E-state index >= 15 is 0 Å². The third kappa shape index (κ3) is 6.94. The highest BCUT2D eigenvalue weighted by atomic mass is 32.2. The lowest BCUT2D eigenvalue weighted by molar-refractivity contribution is -0.130. The minimum absolute atomic E-state index is 0.0275. The van der Waals surface area contributed by atoms with Crippen LogP contribution in [0.3, 0.4) is 0 Å². The Labute approximate surface area is 110 Å². The Morgan fingerprint density at radius 1 is 1.24 bits per heavy atom. The number of nitrogens with one attached hydrogen (secondary N) is 1. The third-order valence-electron chi connectivity index (χ3n) is 2.97. The van der Waals surface area contributed by atoms with Gasteiger partial charge in [0, 0.05) is 11.3 Å². The second-order valence-corrected chi connectivity index (χ2v) is 6.55. The number of thioether (sulfide) groups is 1. The van der Waals surface area contributed by atoms with E-state index in [1.807, 2.05) is 32.5 Å². The van der Waals surface area contributed by atoms with Gasteiger partial charge in [-0.15, -0.1) is 0 Å². The summed E-state index contributed by atoms with van der Waals surface area (Å²) in [5.41, 5.74) is -0.260. The maximum absolute atomic E-state index is 11.6. The van der Waals surface area contributed by atoms with Crippen LogP contribution in [0.25, 0.3) is 0 Å². The van der Waals surface area contributed by atoms with Crippen molar-refractivity contribution in [3.8, 4) is 0 Å². The Morgan fingerprint density at radius 2 is 1.76 bits per heavy atom. The molecular weight excluding hydrogens is 234 g/mol. The molecule has 0 rings (SSSR count). The lowest BCUT2D eigenvalue weighted by Crippen LogP contribution is -2.41. The molecule has 0 fully saturated rings. The van der Waals surface area contributed by atoms with E-state index in [1.165, 1.54) is 0 Å². The minimum Gasteiger partial charge on any atom is -0.366 e. The van der Waals surface area contributed by atoms with Crippen molar-refractivity contribution in [1.82, 2.24) is 5.32 Å². The number of rotatable bonds is 7. The number of carbonyl (C=O) groups excluding carboxylic acids is 1. The highest BCUT2D eigenvalue weighted by Gasteiger charge is 2.25. The lowest BCUT2D eigenvalue weighted by atomic mass is 10.0. The summed E-state index contributed by atoms with van der Waals surface area (Å²) < 4.78 is 5.60. The van der Waals surface area contributed by atoms with Crippen molar-refractivity contribution in [2.45, 2.75) is 57.8 Å². The van der Waals surface area contributed by atoms with E-state index < -0.39 is 0 Å². The molecule has 0 aliphatic rings. The highest BCUT2D eigenvalue weighted by Crippen LogP contribution is 2.29. The van der Waals surface area contributed by atoms with Gasteiger partial charge in [-0.25, -0.2) is 0 Å². The van der Waals surface area contributed by atoms with Gasteiger partial charge in [-0.1, -0.05) is 13.8 Å². The van der Waals surface area contributed by atoms with E-state index in [0.717, 1.165) is 12.8 Å². The molecule has 3 nitrogen and oxygen atoms in total. The summed E-state index contributed by atoms with van der Waals surface area (Å²) in [6.45, 7) is 11.0. The highest BCUT2D eigenvalue weighted by molar-refractivity contribution is 8.00. The first-order valence-corrected chi connectivity index (χ1v) is 7.47. The first-order chi connectivity index (χ1) is 7.78. The molecule has 17 heavy (non-hydrogen) atoms. The molecule has 0 bridgehead atoms. The molecule has 0 saturated heterocycles. The predicted molar refractivity (Wildman–Crippen MR) is 75.5 cm³/mol. The molecule has 0 aromatic carbocycles. The predicted octanol–water partition coefficient (Wildman–Crippen LogP) is 2.84. The normalized spacial score (nSPS) is 12.6.